The van der Waals surface area contributed by atoms with Crippen LogP contribution in [-0.4, -0.2) is 35.1 Å². The maximum absolute atomic E-state index is 11.0. The van der Waals surface area contributed by atoms with Gasteiger partial charge in [0.05, 0.1) is 6.42 Å². The van der Waals surface area contributed by atoms with Crippen molar-refractivity contribution in [2.75, 3.05) is 13.1 Å². The van der Waals surface area contributed by atoms with Crippen molar-refractivity contribution in [2.24, 2.45) is 11.8 Å². The Morgan fingerprint density at radius 3 is 2.18 bits per heavy atom. The number of hydrogen-bond acceptors (Lipinski definition) is 2. The molecule has 0 aromatic carbocycles. The maximum Gasteiger partial charge on any atom is 0.304 e. The van der Waals surface area contributed by atoms with Gasteiger partial charge in [-0.05, 0) is 37.8 Å². The lowest BCUT2D eigenvalue weighted by molar-refractivity contribution is -0.139. The van der Waals surface area contributed by atoms with Crippen LogP contribution in [0.3, 0.4) is 0 Å². The standard InChI is InChI=1S/C14H27NO2/c1-4-15(5-2)13(10-14(16)17)12-8-6-11(3)7-9-12/h11-13H,4-10H2,1-3H3,(H,16,17). The molecule has 1 aliphatic carbocycles. The van der Waals surface area contributed by atoms with Crippen molar-refractivity contribution in [2.45, 2.75) is 58.9 Å². The Morgan fingerprint density at radius 1 is 1.24 bits per heavy atom. The predicted molar refractivity (Wildman–Crippen MR) is 70.1 cm³/mol. The zero-order valence-corrected chi connectivity index (χ0v) is 11.5. The van der Waals surface area contributed by atoms with Crippen LogP contribution in [0.1, 0.15) is 52.9 Å². The van der Waals surface area contributed by atoms with Crippen LogP contribution in [0.15, 0.2) is 0 Å². The van der Waals surface area contributed by atoms with Crippen molar-refractivity contribution in [1.29, 1.82) is 0 Å². The second-order valence-corrected chi connectivity index (χ2v) is 5.41. The summed E-state index contributed by atoms with van der Waals surface area (Å²) in [5.74, 6) is 0.760. The Hall–Kier alpha value is -0.570. The molecule has 1 fully saturated rings. The number of carbonyl (C=O) groups is 1. The predicted octanol–water partition coefficient (Wildman–Crippen LogP) is 3.00. The van der Waals surface area contributed by atoms with E-state index in [1.54, 1.807) is 0 Å². The van der Waals surface area contributed by atoms with Crippen molar-refractivity contribution in [1.82, 2.24) is 4.90 Å². The molecule has 100 valence electrons. The van der Waals surface area contributed by atoms with E-state index in [-0.39, 0.29) is 6.04 Å². The third-order valence-corrected chi connectivity index (χ3v) is 4.27. The van der Waals surface area contributed by atoms with Gasteiger partial charge in [0.1, 0.15) is 0 Å². The van der Waals surface area contributed by atoms with E-state index in [1.807, 2.05) is 0 Å². The molecule has 17 heavy (non-hydrogen) atoms. The quantitative estimate of drug-likeness (QED) is 0.777. The van der Waals surface area contributed by atoms with Gasteiger partial charge in [0.15, 0.2) is 0 Å². The third-order valence-electron chi connectivity index (χ3n) is 4.27. The summed E-state index contributed by atoms with van der Waals surface area (Å²) >= 11 is 0. The SMILES string of the molecule is CCN(CC)C(CC(=O)O)C1CCC(C)CC1. The van der Waals surface area contributed by atoms with Crippen LogP contribution in [0.2, 0.25) is 0 Å². The minimum absolute atomic E-state index is 0.245. The molecular weight excluding hydrogens is 214 g/mol. The molecule has 0 saturated heterocycles. The van der Waals surface area contributed by atoms with E-state index < -0.39 is 5.97 Å². The number of carboxylic acid groups (broad SMARTS) is 1. The maximum atomic E-state index is 11.0. The molecule has 1 rings (SSSR count). The van der Waals surface area contributed by atoms with Crippen molar-refractivity contribution >= 4 is 5.97 Å². The van der Waals surface area contributed by atoms with E-state index in [4.69, 9.17) is 5.11 Å². The molecule has 0 heterocycles. The first kappa shape index (κ1) is 14.5. The average Bonchev–Trinajstić information content (AvgIpc) is 2.30. The van der Waals surface area contributed by atoms with Crippen LogP contribution < -0.4 is 0 Å². The highest BCUT2D eigenvalue weighted by Crippen LogP contribution is 2.33. The highest BCUT2D eigenvalue weighted by molar-refractivity contribution is 5.67. The van der Waals surface area contributed by atoms with Gasteiger partial charge in [-0.2, -0.15) is 0 Å². The third kappa shape index (κ3) is 4.30. The summed E-state index contributed by atoms with van der Waals surface area (Å²) in [5.41, 5.74) is 0. The fourth-order valence-corrected chi connectivity index (χ4v) is 3.14. The second kappa shape index (κ2) is 7.00. The van der Waals surface area contributed by atoms with Crippen LogP contribution in [-0.2, 0) is 4.79 Å². The molecule has 1 aliphatic rings. The summed E-state index contributed by atoms with van der Waals surface area (Å²) < 4.78 is 0. The Kier molecular flexibility index (Phi) is 5.96. The molecular formula is C14H27NO2. The van der Waals surface area contributed by atoms with Crippen molar-refractivity contribution in [3.8, 4) is 0 Å². The number of hydrogen-bond donors (Lipinski definition) is 1. The van der Waals surface area contributed by atoms with E-state index in [2.05, 4.69) is 25.7 Å². The second-order valence-electron chi connectivity index (χ2n) is 5.41. The molecule has 1 atom stereocenters. The fourth-order valence-electron chi connectivity index (χ4n) is 3.14. The van der Waals surface area contributed by atoms with Crippen molar-refractivity contribution in [3.63, 3.8) is 0 Å². The van der Waals surface area contributed by atoms with Crippen LogP contribution >= 0.6 is 0 Å². The molecule has 0 bridgehead atoms. The summed E-state index contributed by atoms with van der Waals surface area (Å²) in [5, 5.41) is 9.08. The van der Waals surface area contributed by atoms with E-state index in [0.29, 0.717) is 12.3 Å². The minimum atomic E-state index is -0.652. The molecule has 1 saturated carbocycles. The minimum Gasteiger partial charge on any atom is -0.481 e. The molecule has 0 aromatic heterocycles. The van der Waals surface area contributed by atoms with Gasteiger partial charge >= 0.3 is 5.97 Å². The van der Waals surface area contributed by atoms with Crippen LogP contribution in [0.25, 0.3) is 0 Å². The monoisotopic (exact) mass is 241 g/mol. The van der Waals surface area contributed by atoms with Gasteiger partial charge in [0.2, 0.25) is 0 Å². The lowest BCUT2D eigenvalue weighted by atomic mass is 9.78. The number of aliphatic carboxylic acids is 1. The zero-order valence-electron chi connectivity index (χ0n) is 11.5. The van der Waals surface area contributed by atoms with Gasteiger partial charge in [0, 0.05) is 6.04 Å². The number of rotatable bonds is 6. The van der Waals surface area contributed by atoms with E-state index in [0.717, 1.165) is 19.0 Å². The number of nitrogens with zero attached hydrogens (tertiary/aromatic N) is 1. The van der Waals surface area contributed by atoms with Crippen LogP contribution in [0, 0.1) is 11.8 Å². The van der Waals surface area contributed by atoms with Crippen LogP contribution in [0.5, 0.6) is 0 Å². The normalized spacial score (nSPS) is 27.1. The van der Waals surface area contributed by atoms with Gasteiger partial charge in [-0.25, -0.2) is 0 Å². The molecule has 3 nitrogen and oxygen atoms in total. The lowest BCUT2D eigenvalue weighted by Gasteiger charge is -2.38. The van der Waals surface area contributed by atoms with Crippen molar-refractivity contribution in [3.05, 3.63) is 0 Å². The van der Waals surface area contributed by atoms with E-state index >= 15 is 0 Å². The molecule has 0 amide bonds. The average molecular weight is 241 g/mol. The summed E-state index contributed by atoms with van der Waals surface area (Å²) in [6.45, 7) is 8.48. The summed E-state index contributed by atoms with van der Waals surface area (Å²) in [7, 11) is 0. The largest absolute Gasteiger partial charge is 0.481 e. The molecule has 0 aliphatic heterocycles. The number of carboxylic acids is 1. The van der Waals surface area contributed by atoms with Gasteiger partial charge < -0.3 is 10.0 Å². The summed E-state index contributed by atoms with van der Waals surface area (Å²) in [4.78, 5) is 13.4. The first-order chi connectivity index (χ1) is 8.08. The topological polar surface area (TPSA) is 40.5 Å². The molecule has 1 unspecified atom stereocenters. The Morgan fingerprint density at radius 2 is 1.76 bits per heavy atom. The smallest absolute Gasteiger partial charge is 0.304 e. The van der Waals surface area contributed by atoms with Crippen LogP contribution in [0.4, 0.5) is 0 Å². The highest BCUT2D eigenvalue weighted by atomic mass is 16.4. The summed E-state index contributed by atoms with van der Waals surface area (Å²) in [6.07, 6.45) is 5.25. The van der Waals surface area contributed by atoms with Gasteiger partial charge in [0.25, 0.3) is 0 Å². The molecule has 0 radical (unpaired) electrons. The lowest BCUT2D eigenvalue weighted by Crippen LogP contribution is -2.43. The first-order valence-electron chi connectivity index (χ1n) is 7.04. The van der Waals surface area contributed by atoms with Gasteiger partial charge in [-0.3, -0.25) is 4.79 Å². The Balaban J connectivity index is 2.64. The molecule has 0 aromatic rings. The van der Waals surface area contributed by atoms with Gasteiger partial charge in [-0.15, -0.1) is 0 Å². The summed E-state index contributed by atoms with van der Waals surface area (Å²) in [6, 6.07) is 0.245. The fraction of sp³-hybridized carbons (Fsp3) is 0.929. The molecule has 1 N–H and O–H groups in total. The molecule has 3 heteroatoms. The zero-order chi connectivity index (χ0) is 12.8. The molecule has 0 spiro atoms. The van der Waals surface area contributed by atoms with Gasteiger partial charge in [-0.1, -0.05) is 33.6 Å². The first-order valence-corrected chi connectivity index (χ1v) is 7.04. The van der Waals surface area contributed by atoms with Crippen molar-refractivity contribution < 1.29 is 9.90 Å². The van der Waals surface area contributed by atoms with E-state index in [9.17, 15) is 4.79 Å². The Bertz CT molecular complexity index is 230. The highest BCUT2D eigenvalue weighted by Gasteiger charge is 2.30. The Labute approximate surface area is 105 Å². The van der Waals surface area contributed by atoms with E-state index in [1.165, 1.54) is 25.7 Å².